The Labute approximate surface area is 98.3 Å². The normalized spacial score (nSPS) is 20.0. The van der Waals surface area contributed by atoms with E-state index in [1.807, 2.05) is 0 Å². The molecule has 1 aliphatic heterocycles. The Morgan fingerprint density at radius 2 is 2.35 bits per heavy atom. The number of nitrogens with zero attached hydrogens (tertiary/aromatic N) is 1. The minimum atomic E-state index is -0.838. The van der Waals surface area contributed by atoms with Crippen LogP contribution in [0.4, 0.5) is 0 Å². The molecule has 1 saturated heterocycles. The van der Waals surface area contributed by atoms with Crippen molar-refractivity contribution < 1.29 is 19.1 Å². The number of carbonyl (C=O) groups is 2. The van der Waals surface area contributed by atoms with Gasteiger partial charge in [0.25, 0.3) is 0 Å². The predicted octanol–water partition coefficient (Wildman–Crippen LogP) is 1.23. The van der Waals surface area contributed by atoms with Gasteiger partial charge in [-0.05, 0) is 24.6 Å². The smallest absolute Gasteiger partial charge is 0.308 e. The van der Waals surface area contributed by atoms with Gasteiger partial charge < -0.3 is 14.4 Å². The fourth-order valence-electron chi connectivity index (χ4n) is 1.81. The molecule has 1 atom stereocenters. The summed E-state index contributed by atoms with van der Waals surface area (Å²) in [6, 6.07) is 3.48. The van der Waals surface area contributed by atoms with Crippen molar-refractivity contribution >= 4 is 18.0 Å². The molecule has 17 heavy (non-hydrogen) atoms. The zero-order valence-corrected chi connectivity index (χ0v) is 9.20. The lowest BCUT2D eigenvalue weighted by Crippen LogP contribution is -2.28. The number of carboxylic acid groups (broad SMARTS) is 1. The van der Waals surface area contributed by atoms with Gasteiger partial charge in [-0.15, -0.1) is 0 Å². The zero-order chi connectivity index (χ0) is 12.3. The molecule has 1 amide bonds. The lowest BCUT2D eigenvalue weighted by molar-refractivity contribution is -0.141. The lowest BCUT2D eigenvalue weighted by Gasteiger charge is -2.12. The highest BCUT2D eigenvalue weighted by atomic mass is 16.4. The molecule has 0 saturated carbocycles. The molecule has 5 nitrogen and oxygen atoms in total. The van der Waals surface area contributed by atoms with Crippen LogP contribution in [0.5, 0.6) is 0 Å². The zero-order valence-electron chi connectivity index (χ0n) is 9.20. The highest BCUT2D eigenvalue weighted by Crippen LogP contribution is 2.16. The largest absolute Gasteiger partial charge is 0.481 e. The first-order valence-electron chi connectivity index (χ1n) is 5.40. The summed E-state index contributed by atoms with van der Waals surface area (Å²) in [7, 11) is 0. The summed E-state index contributed by atoms with van der Waals surface area (Å²) in [4.78, 5) is 24.0. The van der Waals surface area contributed by atoms with Gasteiger partial charge in [-0.2, -0.15) is 0 Å². The van der Waals surface area contributed by atoms with Gasteiger partial charge in [-0.25, -0.2) is 0 Å². The van der Waals surface area contributed by atoms with E-state index in [1.54, 1.807) is 18.2 Å². The first kappa shape index (κ1) is 11.4. The Morgan fingerprint density at radius 3 is 2.94 bits per heavy atom. The van der Waals surface area contributed by atoms with Crippen molar-refractivity contribution in [2.45, 2.75) is 6.42 Å². The van der Waals surface area contributed by atoms with E-state index in [2.05, 4.69) is 0 Å². The molecule has 0 aromatic carbocycles. The lowest BCUT2D eigenvalue weighted by atomic mass is 10.1. The van der Waals surface area contributed by atoms with E-state index < -0.39 is 11.9 Å². The van der Waals surface area contributed by atoms with E-state index in [-0.39, 0.29) is 12.5 Å². The summed E-state index contributed by atoms with van der Waals surface area (Å²) >= 11 is 0. The van der Waals surface area contributed by atoms with Gasteiger partial charge in [-0.1, -0.05) is 0 Å². The molecular weight excluding hydrogens is 222 g/mol. The van der Waals surface area contributed by atoms with Crippen molar-refractivity contribution in [2.75, 3.05) is 13.1 Å². The van der Waals surface area contributed by atoms with Crippen LogP contribution in [0.3, 0.4) is 0 Å². The number of carbonyl (C=O) groups excluding carboxylic acids is 1. The fourth-order valence-corrected chi connectivity index (χ4v) is 1.81. The van der Waals surface area contributed by atoms with Gasteiger partial charge in [0, 0.05) is 19.2 Å². The number of furan rings is 1. The van der Waals surface area contributed by atoms with Crippen molar-refractivity contribution in [3.05, 3.63) is 30.2 Å². The molecule has 0 aliphatic carbocycles. The molecule has 1 aliphatic rings. The van der Waals surface area contributed by atoms with Crippen LogP contribution in [0.1, 0.15) is 12.2 Å². The third kappa shape index (κ3) is 2.75. The first-order valence-corrected chi connectivity index (χ1v) is 5.40. The van der Waals surface area contributed by atoms with Gasteiger partial charge in [-0.3, -0.25) is 9.59 Å². The van der Waals surface area contributed by atoms with Crippen molar-refractivity contribution in [1.29, 1.82) is 0 Å². The van der Waals surface area contributed by atoms with E-state index in [0.29, 0.717) is 18.7 Å². The number of likely N-dealkylation sites (tertiary alicyclic amines) is 1. The Bertz CT molecular complexity index is 435. The maximum Gasteiger partial charge on any atom is 0.308 e. The second-order valence-corrected chi connectivity index (χ2v) is 3.96. The molecule has 2 heterocycles. The standard InChI is InChI=1S/C12H13NO4/c14-11(4-3-10-2-1-7-17-10)13-6-5-9(8-13)12(15)16/h1-4,7,9H,5-6,8H2,(H,15,16)/b4-3+/t9-/m0/s1. The second-order valence-electron chi connectivity index (χ2n) is 3.96. The van der Waals surface area contributed by atoms with Crippen LogP contribution in [0, 0.1) is 5.92 Å². The van der Waals surface area contributed by atoms with E-state index in [9.17, 15) is 9.59 Å². The Hall–Kier alpha value is -2.04. The van der Waals surface area contributed by atoms with Crippen LogP contribution in [0.25, 0.3) is 6.08 Å². The van der Waals surface area contributed by atoms with E-state index >= 15 is 0 Å². The molecular formula is C12H13NO4. The average molecular weight is 235 g/mol. The number of hydrogen-bond donors (Lipinski definition) is 1. The molecule has 2 rings (SSSR count). The van der Waals surface area contributed by atoms with Crippen LogP contribution in [0.15, 0.2) is 28.9 Å². The number of amides is 1. The van der Waals surface area contributed by atoms with E-state index in [4.69, 9.17) is 9.52 Å². The maximum absolute atomic E-state index is 11.7. The van der Waals surface area contributed by atoms with Crippen LogP contribution in [-0.2, 0) is 9.59 Å². The predicted molar refractivity (Wildman–Crippen MR) is 60.1 cm³/mol. The fraction of sp³-hybridized carbons (Fsp3) is 0.333. The number of hydrogen-bond acceptors (Lipinski definition) is 3. The Balaban J connectivity index is 1.91. The van der Waals surface area contributed by atoms with Gasteiger partial charge in [0.15, 0.2) is 0 Å². The molecule has 1 fully saturated rings. The minimum absolute atomic E-state index is 0.176. The van der Waals surface area contributed by atoms with Crippen LogP contribution in [-0.4, -0.2) is 35.0 Å². The van der Waals surface area contributed by atoms with E-state index in [0.717, 1.165) is 0 Å². The molecule has 0 spiro atoms. The maximum atomic E-state index is 11.7. The molecule has 1 aromatic heterocycles. The summed E-state index contributed by atoms with van der Waals surface area (Å²) in [5.41, 5.74) is 0. The molecule has 5 heteroatoms. The molecule has 1 aromatic rings. The summed E-state index contributed by atoms with van der Waals surface area (Å²) in [5.74, 6) is -0.844. The molecule has 0 bridgehead atoms. The number of aliphatic carboxylic acids is 1. The third-order valence-electron chi connectivity index (χ3n) is 2.78. The summed E-state index contributed by atoms with van der Waals surface area (Å²) in [6.45, 7) is 0.787. The van der Waals surface area contributed by atoms with Crippen molar-refractivity contribution in [3.8, 4) is 0 Å². The Morgan fingerprint density at radius 1 is 1.53 bits per heavy atom. The quantitative estimate of drug-likeness (QED) is 0.800. The van der Waals surface area contributed by atoms with Gasteiger partial charge >= 0.3 is 5.97 Å². The van der Waals surface area contributed by atoms with Gasteiger partial charge in [0.1, 0.15) is 5.76 Å². The minimum Gasteiger partial charge on any atom is -0.481 e. The summed E-state index contributed by atoms with van der Waals surface area (Å²) < 4.78 is 5.05. The van der Waals surface area contributed by atoms with Crippen LogP contribution in [0.2, 0.25) is 0 Å². The average Bonchev–Trinajstić information content (AvgIpc) is 2.96. The van der Waals surface area contributed by atoms with Crippen LogP contribution >= 0.6 is 0 Å². The van der Waals surface area contributed by atoms with Crippen molar-refractivity contribution in [1.82, 2.24) is 4.90 Å². The highest BCUT2D eigenvalue weighted by Gasteiger charge is 2.29. The van der Waals surface area contributed by atoms with Crippen molar-refractivity contribution in [2.24, 2.45) is 5.92 Å². The molecule has 0 radical (unpaired) electrons. The highest BCUT2D eigenvalue weighted by molar-refractivity contribution is 5.92. The summed E-state index contributed by atoms with van der Waals surface area (Å²) in [6.07, 6.45) is 5.04. The monoisotopic (exact) mass is 235 g/mol. The number of carboxylic acids is 1. The second kappa shape index (κ2) is 4.86. The van der Waals surface area contributed by atoms with Crippen molar-refractivity contribution in [3.63, 3.8) is 0 Å². The molecule has 1 N–H and O–H groups in total. The van der Waals surface area contributed by atoms with Gasteiger partial charge in [0.05, 0.1) is 12.2 Å². The SMILES string of the molecule is O=C(O)[C@H]1CCN(C(=O)/C=C/c2ccco2)C1. The van der Waals surface area contributed by atoms with E-state index in [1.165, 1.54) is 17.2 Å². The number of rotatable bonds is 3. The topological polar surface area (TPSA) is 70.8 Å². The van der Waals surface area contributed by atoms with Crippen LogP contribution < -0.4 is 0 Å². The third-order valence-corrected chi connectivity index (χ3v) is 2.78. The molecule has 90 valence electrons. The first-order chi connectivity index (χ1) is 8.16. The Kier molecular flexibility index (Phi) is 3.27. The molecule has 0 unspecified atom stereocenters. The summed E-state index contributed by atoms with van der Waals surface area (Å²) in [5, 5.41) is 8.82. The van der Waals surface area contributed by atoms with Gasteiger partial charge in [0.2, 0.25) is 5.91 Å².